The molecule has 0 radical (unpaired) electrons. The number of hydrogen-bond donors (Lipinski definition) is 1. The van der Waals surface area contributed by atoms with Gasteiger partial charge in [0.05, 0.1) is 4.91 Å². The first-order valence-corrected chi connectivity index (χ1v) is 8.32. The molecule has 5 heteroatoms. The van der Waals surface area contributed by atoms with E-state index in [1.807, 2.05) is 24.4 Å². The third-order valence-electron chi connectivity index (χ3n) is 3.67. The molecule has 0 bridgehead atoms. The lowest BCUT2D eigenvalue weighted by molar-refractivity contribution is -0.115. The quantitative estimate of drug-likeness (QED) is 0.672. The Morgan fingerprint density at radius 2 is 2.04 bits per heavy atom. The summed E-state index contributed by atoms with van der Waals surface area (Å²) in [7, 11) is 0. The van der Waals surface area contributed by atoms with Crippen LogP contribution in [0.4, 0.5) is 4.79 Å². The number of rotatable bonds is 4. The Kier molecular flexibility index (Phi) is 4.39. The van der Waals surface area contributed by atoms with Crippen LogP contribution in [0.2, 0.25) is 0 Å². The zero-order valence-corrected chi connectivity index (χ0v) is 13.9. The predicted molar refractivity (Wildman–Crippen MR) is 95.1 cm³/mol. The summed E-state index contributed by atoms with van der Waals surface area (Å²) in [6.45, 7) is 5.07. The van der Waals surface area contributed by atoms with Gasteiger partial charge in [-0.25, -0.2) is 0 Å². The number of amides is 2. The van der Waals surface area contributed by atoms with Gasteiger partial charge in [0, 0.05) is 29.2 Å². The number of allylic oxidation sites excluding steroid dienone is 2. The highest BCUT2D eigenvalue weighted by Crippen LogP contribution is 2.29. The van der Waals surface area contributed by atoms with E-state index >= 15 is 0 Å². The summed E-state index contributed by atoms with van der Waals surface area (Å²) in [5, 5.41) is 3.07. The topological polar surface area (TPSA) is 51.1 Å². The van der Waals surface area contributed by atoms with Crippen LogP contribution in [0.15, 0.2) is 47.0 Å². The van der Waals surface area contributed by atoms with Gasteiger partial charge in [-0.1, -0.05) is 29.8 Å². The summed E-state index contributed by atoms with van der Waals surface area (Å²) in [5.74, 6) is -0.318. The number of aromatic nitrogens is 1. The van der Waals surface area contributed by atoms with Crippen LogP contribution in [0.25, 0.3) is 17.0 Å². The van der Waals surface area contributed by atoms with E-state index in [2.05, 4.69) is 35.9 Å². The van der Waals surface area contributed by atoms with Crippen LogP contribution in [-0.2, 0) is 11.3 Å². The maximum absolute atomic E-state index is 11.7. The van der Waals surface area contributed by atoms with E-state index in [9.17, 15) is 9.59 Å². The zero-order valence-electron chi connectivity index (χ0n) is 13.1. The number of nitrogens with one attached hydrogen (secondary N) is 1. The average molecular weight is 326 g/mol. The van der Waals surface area contributed by atoms with Crippen LogP contribution in [0.3, 0.4) is 0 Å². The van der Waals surface area contributed by atoms with Crippen LogP contribution < -0.4 is 5.32 Å². The van der Waals surface area contributed by atoms with Crippen LogP contribution in [-0.4, -0.2) is 15.7 Å². The molecular formula is C18H18N2O2S. The zero-order chi connectivity index (χ0) is 16.4. The van der Waals surface area contributed by atoms with Crippen molar-refractivity contribution < 1.29 is 9.59 Å². The maximum atomic E-state index is 11.7. The second-order valence-corrected chi connectivity index (χ2v) is 6.73. The Labute approximate surface area is 139 Å². The fourth-order valence-electron chi connectivity index (χ4n) is 2.63. The van der Waals surface area contributed by atoms with Gasteiger partial charge < -0.3 is 4.57 Å². The monoisotopic (exact) mass is 326 g/mol. The number of hydrogen-bond acceptors (Lipinski definition) is 3. The molecule has 4 nitrogen and oxygen atoms in total. The van der Waals surface area contributed by atoms with Crippen LogP contribution in [0.1, 0.15) is 25.8 Å². The van der Waals surface area contributed by atoms with Crippen LogP contribution >= 0.6 is 11.8 Å². The normalized spacial score (nSPS) is 16.2. The minimum Gasteiger partial charge on any atom is -0.347 e. The van der Waals surface area contributed by atoms with Crippen molar-refractivity contribution >= 4 is 39.9 Å². The predicted octanol–water partition coefficient (Wildman–Crippen LogP) is 4.32. The number of thioether (sulfide) groups is 1. The lowest BCUT2D eigenvalue weighted by Crippen LogP contribution is -2.17. The third-order valence-corrected chi connectivity index (χ3v) is 4.48. The Bertz CT molecular complexity index is 842. The van der Waals surface area contributed by atoms with E-state index in [-0.39, 0.29) is 11.1 Å². The summed E-state index contributed by atoms with van der Waals surface area (Å²) < 4.78 is 2.19. The van der Waals surface area contributed by atoms with Gasteiger partial charge >= 0.3 is 0 Å². The molecule has 1 fully saturated rings. The molecule has 0 spiro atoms. The molecule has 2 heterocycles. The van der Waals surface area contributed by atoms with E-state index < -0.39 is 0 Å². The molecule has 1 N–H and O–H groups in total. The molecule has 118 valence electrons. The van der Waals surface area contributed by atoms with E-state index in [0.717, 1.165) is 41.2 Å². The van der Waals surface area contributed by atoms with Crippen molar-refractivity contribution in [2.45, 2.75) is 26.8 Å². The van der Waals surface area contributed by atoms with Gasteiger partial charge in [0.25, 0.3) is 11.1 Å². The van der Waals surface area contributed by atoms with Crippen molar-refractivity contribution in [1.82, 2.24) is 9.88 Å². The molecule has 1 aromatic heterocycles. The van der Waals surface area contributed by atoms with Crippen molar-refractivity contribution in [3.8, 4) is 0 Å². The first-order chi connectivity index (χ1) is 11.0. The van der Waals surface area contributed by atoms with Crippen molar-refractivity contribution in [2.75, 3.05) is 0 Å². The van der Waals surface area contributed by atoms with Gasteiger partial charge in [-0.2, -0.15) is 0 Å². The Morgan fingerprint density at radius 1 is 1.26 bits per heavy atom. The number of carbonyl (C=O) groups excluding carboxylic acids is 2. The van der Waals surface area contributed by atoms with Gasteiger partial charge in [0.15, 0.2) is 0 Å². The molecule has 2 amide bonds. The second kappa shape index (κ2) is 6.46. The van der Waals surface area contributed by atoms with Gasteiger partial charge in [-0.15, -0.1) is 0 Å². The molecule has 0 aliphatic carbocycles. The van der Waals surface area contributed by atoms with Crippen LogP contribution in [0.5, 0.6) is 0 Å². The SMILES string of the molecule is CC(C)=CCCn1cc(/C=C2\SC(=O)NC2=O)c2ccccc21. The standard InChI is InChI=1S/C18H18N2O2S/c1-12(2)6-5-9-20-11-13(14-7-3-4-8-15(14)20)10-16-17(21)19-18(22)23-16/h3-4,6-8,10-11H,5,9H2,1-2H3,(H,19,21,22)/b16-10-. The number of aryl methyl sites for hydroxylation is 1. The summed E-state index contributed by atoms with van der Waals surface area (Å²) in [6.07, 6.45) is 7.02. The summed E-state index contributed by atoms with van der Waals surface area (Å²) in [6, 6.07) is 8.11. The van der Waals surface area contributed by atoms with E-state index in [1.54, 1.807) is 6.08 Å². The number of carbonyl (C=O) groups is 2. The Hall–Kier alpha value is -2.27. The van der Waals surface area contributed by atoms with Gasteiger partial charge in [-0.3, -0.25) is 14.9 Å². The number of benzene rings is 1. The molecule has 2 aromatic rings. The third kappa shape index (κ3) is 3.40. The van der Waals surface area contributed by atoms with Crippen molar-refractivity contribution in [2.24, 2.45) is 0 Å². The number of imide groups is 1. The first-order valence-electron chi connectivity index (χ1n) is 7.50. The van der Waals surface area contributed by atoms with Gasteiger partial charge in [0.2, 0.25) is 0 Å². The molecule has 0 atom stereocenters. The highest BCUT2D eigenvalue weighted by Gasteiger charge is 2.25. The highest BCUT2D eigenvalue weighted by atomic mass is 32.2. The average Bonchev–Trinajstić information content (AvgIpc) is 3.00. The van der Waals surface area contributed by atoms with E-state index in [4.69, 9.17) is 0 Å². The Morgan fingerprint density at radius 3 is 2.74 bits per heavy atom. The minimum absolute atomic E-state index is 0.312. The molecule has 1 aliphatic rings. The van der Waals surface area contributed by atoms with Gasteiger partial charge in [-0.05, 0) is 44.2 Å². The molecule has 3 rings (SSSR count). The van der Waals surface area contributed by atoms with Crippen molar-refractivity contribution in [3.05, 3.63) is 52.6 Å². The largest absolute Gasteiger partial charge is 0.347 e. The summed E-state index contributed by atoms with van der Waals surface area (Å²) in [5.41, 5.74) is 3.41. The molecule has 0 unspecified atom stereocenters. The minimum atomic E-state index is -0.318. The lowest BCUT2D eigenvalue weighted by Gasteiger charge is -2.02. The first kappa shape index (κ1) is 15.6. The molecule has 1 aromatic carbocycles. The smallest absolute Gasteiger partial charge is 0.290 e. The second-order valence-electron chi connectivity index (χ2n) is 5.72. The van der Waals surface area contributed by atoms with Crippen LogP contribution in [0, 0.1) is 0 Å². The van der Waals surface area contributed by atoms with Gasteiger partial charge in [0.1, 0.15) is 0 Å². The van der Waals surface area contributed by atoms with E-state index in [0.29, 0.717) is 4.91 Å². The molecule has 23 heavy (non-hydrogen) atoms. The Balaban J connectivity index is 1.98. The van der Waals surface area contributed by atoms with Crippen molar-refractivity contribution in [1.29, 1.82) is 0 Å². The van der Waals surface area contributed by atoms with Crippen molar-refractivity contribution in [3.63, 3.8) is 0 Å². The highest BCUT2D eigenvalue weighted by molar-refractivity contribution is 8.18. The molecule has 1 saturated heterocycles. The maximum Gasteiger partial charge on any atom is 0.290 e. The number of fused-ring (bicyclic) bond motifs is 1. The number of nitrogens with zero attached hydrogens (tertiary/aromatic N) is 1. The van der Waals surface area contributed by atoms with E-state index in [1.165, 1.54) is 5.57 Å². The molecular weight excluding hydrogens is 308 g/mol. The lowest BCUT2D eigenvalue weighted by atomic mass is 10.1. The molecule has 1 aliphatic heterocycles. The molecule has 0 saturated carbocycles. The number of para-hydroxylation sites is 1. The summed E-state index contributed by atoms with van der Waals surface area (Å²) in [4.78, 5) is 23.5. The fourth-order valence-corrected chi connectivity index (χ4v) is 3.30. The fraction of sp³-hybridized carbons (Fsp3) is 0.222. The summed E-state index contributed by atoms with van der Waals surface area (Å²) >= 11 is 0.951.